The molecule has 0 bridgehead atoms. The first kappa shape index (κ1) is 19.4. The second kappa shape index (κ2) is 8.19. The van der Waals surface area contributed by atoms with Crippen LogP contribution < -0.4 is 4.90 Å². The number of hydrogen-bond acceptors (Lipinski definition) is 5. The van der Waals surface area contributed by atoms with Gasteiger partial charge < -0.3 is 9.80 Å². The van der Waals surface area contributed by atoms with Crippen LogP contribution >= 0.6 is 0 Å². The molecule has 7 heteroatoms. The van der Waals surface area contributed by atoms with Crippen molar-refractivity contribution in [2.75, 3.05) is 31.1 Å². The molecule has 0 aliphatic carbocycles. The fraction of sp³-hybridized carbons (Fsp3) is 0.455. The first-order chi connectivity index (χ1) is 14.1. The van der Waals surface area contributed by atoms with E-state index in [1.165, 1.54) is 0 Å². The number of rotatable bonds is 5. The molecule has 0 atom stereocenters. The lowest BCUT2D eigenvalue weighted by Crippen LogP contribution is -2.50. The van der Waals surface area contributed by atoms with Crippen molar-refractivity contribution >= 4 is 22.8 Å². The van der Waals surface area contributed by atoms with Gasteiger partial charge >= 0.3 is 0 Å². The normalized spacial score (nSPS) is 14.8. The molecule has 0 spiro atoms. The number of hydrogen-bond donors (Lipinski definition) is 0. The highest BCUT2D eigenvalue weighted by atomic mass is 16.2. The van der Waals surface area contributed by atoms with Gasteiger partial charge in [-0.15, -0.1) is 0 Å². The zero-order valence-corrected chi connectivity index (χ0v) is 17.4. The minimum absolute atomic E-state index is 0.0348. The van der Waals surface area contributed by atoms with E-state index in [0.29, 0.717) is 0 Å². The number of fused-ring (bicyclic) bond motifs is 1. The minimum atomic E-state index is 0.0348. The van der Waals surface area contributed by atoms with Crippen LogP contribution in [0.2, 0.25) is 0 Å². The lowest BCUT2D eigenvalue weighted by atomic mass is 10.1. The zero-order chi connectivity index (χ0) is 20.4. The Balaban J connectivity index is 1.69. The van der Waals surface area contributed by atoms with Crippen LogP contribution in [-0.2, 0) is 11.2 Å². The average Bonchev–Trinajstić information content (AvgIpc) is 3.17. The van der Waals surface area contributed by atoms with Crippen LogP contribution in [0.1, 0.15) is 33.0 Å². The summed E-state index contributed by atoms with van der Waals surface area (Å²) >= 11 is 0. The van der Waals surface area contributed by atoms with E-state index in [-0.39, 0.29) is 11.8 Å². The topological polar surface area (TPSA) is 67.2 Å². The van der Waals surface area contributed by atoms with E-state index < -0.39 is 0 Å². The second-order valence-corrected chi connectivity index (χ2v) is 7.81. The Morgan fingerprint density at radius 3 is 2.45 bits per heavy atom. The van der Waals surface area contributed by atoms with Gasteiger partial charge in [0.25, 0.3) is 0 Å². The molecule has 0 radical (unpaired) electrons. The average molecular weight is 393 g/mol. The summed E-state index contributed by atoms with van der Waals surface area (Å²) in [6.45, 7) is 9.03. The van der Waals surface area contributed by atoms with Crippen molar-refractivity contribution in [2.45, 2.75) is 33.6 Å². The van der Waals surface area contributed by atoms with E-state index in [1.54, 1.807) is 0 Å². The number of piperazine rings is 1. The molecule has 152 valence electrons. The van der Waals surface area contributed by atoms with Crippen molar-refractivity contribution in [1.29, 1.82) is 0 Å². The molecule has 4 rings (SSSR count). The van der Waals surface area contributed by atoms with Gasteiger partial charge in [-0.1, -0.05) is 39.0 Å². The van der Waals surface area contributed by atoms with Crippen molar-refractivity contribution in [3.05, 3.63) is 42.4 Å². The maximum Gasteiger partial charge on any atom is 0.225 e. The Bertz CT molecular complexity index is 989. The van der Waals surface area contributed by atoms with Crippen molar-refractivity contribution in [3.8, 4) is 5.69 Å². The molecule has 0 unspecified atom stereocenters. The van der Waals surface area contributed by atoms with E-state index in [0.717, 1.165) is 67.4 Å². The quantitative estimate of drug-likeness (QED) is 0.668. The van der Waals surface area contributed by atoms with Gasteiger partial charge in [0.2, 0.25) is 5.91 Å². The van der Waals surface area contributed by atoms with Crippen molar-refractivity contribution in [3.63, 3.8) is 0 Å². The molecule has 29 heavy (non-hydrogen) atoms. The summed E-state index contributed by atoms with van der Waals surface area (Å²) in [6.07, 6.45) is 3.68. The van der Waals surface area contributed by atoms with Gasteiger partial charge in [-0.3, -0.25) is 4.79 Å². The Kier molecular flexibility index (Phi) is 5.47. The highest BCUT2D eigenvalue weighted by Crippen LogP contribution is 2.27. The molecule has 0 saturated carbocycles. The maximum absolute atomic E-state index is 12.3. The van der Waals surface area contributed by atoms with Crippen LogP contribution in [0.3, 0.4) is 0 Å². The molecule has 7 nitrogen and oxygen atoms in total. The van der Waals surface area contributed by atoms with Gasteiger partial charge in [0, 0.05) is 38.5 Å². The number of aryl methyl sites for hydroxylation is 1. The third-order valence-electron chi connectivity index (χ3n) is 5.31. The van der Waals surface area contributed by atoms with E-state index in [4.69, 9.17) is 9.97 Å². The molecular formula is C22H28N6O. The fourth-order valence-electron chi connectivity index (χ4n) is 3.78. The van der Waals surface area contributed by atoms with E-state index in [9.17, 15) is 4.79 Å². The van der Waals surface area contributed by atoms with E-state index in [1.807, 2.05) is 60.0 Å². The van der Waals surface area contributed by atoms with Crippen LogP contribution in [0.5, 0.6) is 0 Å². The van der Waals surface area contributed by atoms with Gasteiger partial charge in [0.05, 0.1) is 17.3 Å². The number of aromatic nitrogens is 4. The number of carbonyl (C=O) groups excluding carboxylic acids is 1. The third-order valence-corrected chi connectivity index (χ3v) is 5.31. The monoisotopic (exact) mass is 392 g/mol. The Morgan fingerprint density at radius 2 is 1.79 bits per heavy atom. The molecule has 3 heterocycles. The predicted molar refractivity (Wildman–Crippen MR) is 114 cm³/mol. The lowest BCUT2D eigenvalue weighted by Gasteiger charge is -2.36. The van der Waals surface area contributed by atoms with Crippen LogP contribution in [0, 0.1) is 5.92 Å². The molecule has 1 fully saturated rings. The number of carbonyl (C=O) groups is 1. The number of nitrogens with zero attached hydrogens (tertiary/aromatic N) is 6. The number of anilines is 1. The summed E-state index contributed by atoms with van der Waals surface area (Å²) in [4.78, 5) is 26.3. The van der Waals surface area contributed by atoms with E-state index in [2.05, 4.69) is 16.9 Å². The van der Waals surface area contributed by atoms with Gasteiger partial charge in [-0.2, -0.15) is 5.10 Å². The minimum Gasteiger partial charge on any atom is -0.352 e. The number of benzene rings is 1. The summed E-state index contributed by atoms with van der Waals surface area (Å²) in [7, 11) is 0. The Morgan fingerprint density at radius 1 is 1.07 bits per heavy atom. The summed E-state index contributed by atoms with van der Waals surface area (Å²) in [5.41, 5.74) is 1.83. The molecule has 1 aliphatic rings. The summed E-state index contributed by atoms with van der Waals surface area (Å²) in [5.74, 6) is 2.03. The largest absolute Gasteiger partial charge is 0.352 e. The molecule has 1 aliphatic heterocycles. The molecular weight excluding hydrogens is 364 g/mol. The van der Waals surface area contributed by atoms with Crippen molar-refractivity contribution in [1.82, 2.24) is 24.6 Å². The fourth-order valence-corrected chi connectivity index (χ4v) is 3.78. The summed E-state index contributed by atoms with van der Waals surface area (Å²) < 4.78 is 1.89. The number of para-hydroxylation sites is 1. The molecule has 3 aromatic rings. The number of amides is 1. The van der Waals surface area contributed by atoms with E-state index >= 15 is 0 Å². The molecule has 1 saturated heterocycles. The first-order valence-electron chi connectivity index (χ1n) is 10.4. The van der Waals surface area contributed by atoms with Crippen LogP contribution in [0.4, 0.5) is 5.82 Å². The summed E-state index contributed by atoms with van der Waals surface area (Å²) in [5, 5.41) is 5.57. The molecule has 1 aromatic carbocycles. The van der Waals surface area contributed by atoms with Crippen LogP contribution in [0.25, 0.3) is 16.7 Å². The SMILES string of the molecule is CCCc1nc(N2CCN(C(=O)C(C)C)CC2)c2cnn(-c3ccccc3)c2n1. The highest BCUT2D eigenvalue weighted by molar-refractivity contribution is 5.88. The summed E-state index contributed by atoms with van der Waals surface area (Å²) in [6, 6.07) is 10.1. The van der Waals surface area contributed by atoms with Gasteiger partial charge in [-0.05, 0) is 18.6 Å². The molecule has 1 amide bonds. The zero-order valence-electron chi connectivity index (χ0n) is 17.4. The van der Waals surface area contributed by atoms with Crippen molar-refractivity contribution in [2.24, 2.45) is 5.92 Å². The Hall–Kier alpha value is -2.96. The first-order valence-corrected chi connectivity index (χ1v) is 10.4. The predicted octanol–water partition coefficient (Wildman–Crippen LogP) is 3.07. The second-order valence-electron chi connectivity index (χ2n) is 7.81. The van der Waals surface area contributed by atoms with Gasteiger partial charge in [0.15, 0.2) is 5.65 Å². The van der Waals surface area contributed by atoms with Crippen molar-refractivity contribution < 1.29 is 4.79 Å². The standard InChI is InChI=1S/C22H28N6O/c1-4-8-19-24-20(26-11-13-27(14-12-26)22(29)16(2)3)18-15-23-28(21(18)25-19)17-9-6-5-7-10-17/h5-7,9-10,15-16H,4,8,11-14H2,1-3H3. The van der Waals surface area contributed by atoms with Gasteiger partial charge in [-0.25, -0.2) is 14.6 Å². The maximum atomic E-state index is 12.3. The molecule has 0 N–H and O–H groups in total. The highest BCUT2D eigenvalue weighted by Gasteiger charge is 2.26. The lowest BCUT2D eigenvalue weighted by molar-refractivity contribution is -0.134. The van der Waals surface area contributed by atoms with Gasteiger partial charge in [0.1, 0.15) is 11.6 Å². The smallest absolute Gasteiger partial charge is 0.225 e. The van der Waals surface area contributed by atoms with Crippen LogP contribution in [-0.4, -0.2) is 56.7 Å². The Labute approximate surface area is 171 Å². The molecule has 2 aromatic heterocycles. The third kappa shape index (κ3) is 3.81. The van der Waals surface area contributed by atoms with Crippen LogP contribution in [0.15, 0.2) is 36.5 Å².